The maximum atomic E-state index is 16.6. The number of H-pyrrole nitrogens is 1. The topological polar surface area (TPSA) is 126 Å². The van der Waals surface area contributed by atoms with Gasteiger partial charge in [-0.3, -0.25) is 29.0 Å². The van der Waals surface area contributed by atoms with Gasteiger partial charge in [0.1, 0.15) is 22.7 Å². The molecule has 0 spiro atoms. The molecule has 0 bridgehead atoms. The highest BCUT2D eigenvalue weighted by molar-refractivity contribution is 6.02. The zero-order valence-corrected chi connectivity index (χ0v) is 26.9. The number of hydrogen-bond acceptors (Lipinski definition) is 6. The molecule has 1 saturated heterocycles. The lowest BCUT2D eigenvalue weighted by atomic mass is 9.84. The first-order valence-corrected chi connectivity index (χ1v) is 15.5. The van der Waals surface area contributed by atoms with E-state index in [0.717, 1.165) is 11.1 Å². The van der Waals surface area contributed by atoms with Crippen LogP contribution in [0.3, 0.4) is 0 Å². The van der Waals surface area contributed by atoms with E-state index in [1.165, 1.54) is 22.6 Å². The number of carbonyl (C=O) groups is 2. The van der Waals surface area contributed by atoms with E-state index in [9.17, 15) is 18.8 Å². The number of nitrogens with zero attached hydrogens (tertiary/aromatic N) is 5. The van der Waals surface area contributed by atoms with E-state index in [1.807, 2.05) is 39.8 Å². The van der Waals surface area contributed by atoms with Gasteiger partial charge in [-0.1, -0.05) is 26.5 Å². The Morgan fingerprint density at radius 1 is 1.11 bits per heavy atom. The Morgan fingerprint density at radius 3 is 2.49 bits per heavy atom. The number of aryl methyl sites for hydroxylation is 2. The fourth-order valence-electron chi connectivity index (χ4n) is 6.73. The number of nitrogens with one attached hydrogen (secondary N) is 2. The van der Waals surface area contributed by atoms with Crippen LogP contribution in [0.5, 0.6) is 0 Å². The van der Waals surface area contributed by atoms with Gasteiger partial charge in [-0.15, -0.1) is 0 Å². The van der Waals surface area contributed by atoms with Gasteiger partial charge in [0.15, 0.2) is 5.83 Å². The van der Waals surface area contributed by atoms with Crippen molar-refractivity contribution < 1.29 is 18.4 Å². The van der Waals surface area contributed by atoms with Crippen LogP contribution in [0.1, 0.15) is 71.3 Å². The van der Waals surface area contributed by atoms with E-state index in [0.29, 0.717) is 51.6 Å². The SMILES string of the molecule is C=C(F)C(=O)N1CCC(c2c(C(=O)NC)c(=O)n(-c3c(C)ccnc3C(C)C)c3nc(-c4c(C)ccc5[nH]ncc45)c(F)cc23)CC1. The largest absolute Gasteiger partial charge is 0.355 e. The Balaban J connectivity index is 1.73. The number of piperidine rings is 1. The van der Waals surface area contributed by atoms with Crippen LogP contribution in [0.4, 0.5) is 8.78 Å². The lowest BCUT2D eigenvalue weighted by Gasteiger charge is -2.33. The second-order valence-electron chi connectivity index (χ2n) is 12.3. The van der Waals surface area contributed by atoms with Crippen molar-refractivity contribution in [2.75, 3.05) is 20.1 Å². The van der Waals surface area contributed by atoms with E-state index >= 15 is 4.39 Å². The fourth-order valence-corrected chi connectivity index (χ4v) is 6.73. The van der Waals surface area contributed by atoms with Crippen molar-refractivity contribution in [3.05, 3.63) is 93.2 Å². The molecule has 6 rings (SSSR count). The van der Waals surface area contributed by atoms with Gasteiger partial charge in [-0.25, -0.2) is 13.8 Å². The Kier molecular flexibility index (Phi) is 8.20. The van der Waals surface area contributed by atoms with E-state index < -0.39 is 34.9 Å². The number of aromatic amines is 1. The summed E-state index contributed by atoms with van der Waals surface area (Å²) < 4.78 is 31.6. The number of likely N-dealkylation sites (tertiary alicyclic amines) is 1. The van der Waals surface area contributed by atoms with Gasteiger partial charge in [0.05, 0.1) is 23.1 Å². The normalized spacial score (nSPS) is 13.9. The fraction of sp³-hybridized carbons (Fsp3) is 0.314. The van der Waals surface area contributed by atoms with E-state index in [1.54, 1.807) is 18.5 Å². The first-order chi connectivity index (χ1) is 22.4. The minimum Gasteiger partial charge on any atom is -0.355 e. The second-order valence-corrected chi connectivity index (χ2v) is 12.3. The zero-order valence-electron chi connectivity index (χ0n) is 26.9. The summed E-state index contributed by atoms with van der Waals surface area (Å²) in [5.41, 5.74) is 3.57. The third-order valence-corrected chi connectivity index (χ3v) is 9.01. The molecule has 2 N–H and O–H groups in total. The summed E-state index contributed by atoms with van der Waals surface area (Å²) in [6.07, 6.45) is 3.89. The number of halogens is 2. The van der Waals surface area contributed by atoms with Gasteiger partial charge in [-0.2, -0.15) is 5.10 Å². The molecule has 12 heteroatoms. The van der Waals surface area contributed by atoms with Crippen LogP contribution in [-0.2, 0) is 4.79 Å². The van der Waals surface area contributed by atoms with Gasteiger partial charge in [0.25, 0.3) is 17.4 Å². The molecule has 1 fully saturated rings. The number of hydrogen-bond donors (Lipinski definition) is 2. The molecule has 0 radical (unpaired) electrons. The molecule has 10 nitrogen and oxygen atoms in total. The van der Waals surface area contributed by atoms with Crippen LogP contribution in [-0.4, -0.2) is 61.6 Å². The molecule has 5 aromatic rings. The number of benzene rings is 1. The van der Waals surface area contributed by atoms with Crippen molar-refractivity contribution >= 4 is 33.8 Å². The van der Waals surface area contributed by atoms with Crippen LogP contribution < -0.4 is 10.9 Å². The third-order valence-electron chi connectivity index (χ3n) is 9.01. The first-order valence-electron chi connectivity index (χ1n) is 15.5. The Morgan fingerprint density at radius 2 is 1.83 bits per heavy atom. The van der Waals surface area contributed by atoms with Crippen LogP contribution in [0.25, 0.3) is 38.9 Å². The minimum atomic E-state index is -1.06. The van der Waals surface area contributed by atoms with Crippen molar-refractivity contribution in [3.63, 3.8) is 0 Å². The predicted molar refractivity (Wildman–Crippen MR) is 176 cm³/mol. The summed E-state index contributed by atoms with van der Waals surface area (Å²) in [6, 6.07) is 6.82. The van der Waals surface area contributed by atoms with Gasteiger partial charge in [0, 0.05) is 42.7 Å². The maximum Gasteiger partial charge on any atom is 0.281 e. The molecule has 4 aromatic heterocycles. The summed E-state index contributed by atoms with van der Waals surface area (Å²) in [5, 5.41) is 10.6. The molecule has 1 aliphatic heterocycles. The van der Waals surface area contributed by atoms with Crippen molar-refractivity contribution in [1.29, 1.82) is 0 Å². The van der Waals surface area contributed by atoms with Crippen LogP contribution in [0.15, 0.2) is 53.9 Å². The van der Waals surface area contributed by atoms with Crippen molar-refractivity contribution in [2.24, 2.45) is 0 Å². The summed E-state index contributed by atoms with van der Waals surface area (Å²) in [6.45, 7) is 11.1. The molecular formula is C35H35F2N7O3. The molecule has 47 heavy (non-hydrogen) atoms. The van der Waals surface area contributed by atoms with Gasteiger partial charge >= 0.3 is 0 Å². The van der Waals surface area contributed by atoms with Crippen molar-refractivity contribution in [1.82, 2.24) is 34.9 Å². The summed E-state index contributed by atoms with van der Waals surface area (Å²) >= 11 is 0. The summed E-state index contributed by atoms with van der Waals surface area (Å²) in [4.78, 5) is 51.6. The molecule has 1 aliphatic rings. The molecular weight excluding hydrogens is 604 g/mol. The number of fused-ring (bicyclic) bond motifs is 2. The van der Waals surface area contributed by atoms with Gasteiger partial charge in [-0.05, 0) is 73.4 Å². The average molecular weight is 640 g/mol. The number of rotatable bonds is 6. The average Bonchev–Trinajstić information content (AvgIpc) is 3.53. The predicted octanol–water partition coefficient (Wildman–Crippen LogP) is 5.75. The van der Waals surface area contributed by atoms with Gasteiger partial charge in [0.2, 0.25) is 0 Å². The van der Waals surface area contributed by atoms with Crippen LogP contribution in [0, 0.1) is 19.7 Å². The number of carbonyl (C=O) groups excluding carboxylic acids is 2. The monoisotopic (exact) mass is 639 g/mol. The van der Waals surface area contributed by atoms with Crippen molar-refractivity contribution in [3.8, 4) is 16.9 Å². The summed E-state index contributed by atoms with van der Waals surface area (Å²) in [5.74, 6) is -3.68. The third kappa shape index (κ3) is 5.27. The first kappa shape index (κ1) is 31.7. The van der Waals surface area contributed by atoms with Crippen LogP contribution >= 0.6 is 0 Å². The quantitative estimate of drug-likeness (QED) is 0.228. The zero-order chi connectivity index (χ0) is 33.7. The molecule has 242 valence electrons. The Bertz CT molecular complexity index is 2160. The molecule has 0 saturated carbocycles. The number of amides is 2. The lowest BCUT2D eigenvalue weighted by Crippen LogP contribution is -2.40. The Hall–Kier alpha value is -5.26. The molecule has 2 amide bonds. The van der Waals surface area contributed by atoms with E-state index in [4.69, 9.17) is 4.98 Å². The number of aromatic nitrogens is 5. The van der Waals surface area contributed by atoms with E-state index in [-0.39, 0.29) is 35.9 Å². The lowest BCUT2D eigenvalue weighted by molar-refractivity contribution is -0.129. The second kappa shape index (κ2) is 12.2. The Labute approximate surface area is 269 Å². The molecule has 0 unspecified atom stereocenters. The molecule has 0 aliphatic carbocycles. The molecule has 0 atom stereocenters. The number of pyridine rings is 3. The standard InChI is InChI=1S/C35H35F2N7O3/c1-17(2)29-31(19(4)9-12-39-29)44-32-22(15-24(37)30(41-32)26-18(3)7-8-25-23(26)16-40-42-25)27(28(35(44)47)33(45)38-6)21-10-13-43(14-11-21)34(46)20(5)36/h7-9,12,15-17,21H,5,10-11,13-14H2,1-4,6H3,(H,38,45)(H,40,42). The van der Waals surface area contributed by atoms with Crippen molar-refractivity contribution in [2.45, 2.75) is 52.4 Å². The van der Waals surface area contributed by atoms with E-state index in [2.05, 4.69) is 27.1 Å². The van der Waals surface area contributed by atoms with Gasteiger partial charge < -0.3 is 10.2 Å². The highest BCUT2D eigenvalue weighted by atomic mass is 19.1. The molecule has 5 heterocycles. The minimum absolute atomic E-state index is 0.0308. The molecule has 1 aromatic carbocycles. The summed E-state index contributed by atoms with van der Waals surface area (Å²) in [7, 11) is 1.43. The highest BCUT2D eigenvalue weighted by Gasteiger charge is 2.34. The smallest absolute Gasteiger partial charge is 0.281 e. The highest BCUT2D eigenvalue weighted by Crippen LogP contribution is 2.39. The van der Waals surface area contributed by atoms with Crippen LogP contribution in [0.2, 0.25) is 0 Å². The maximum absolute atomic E-state index is 16.6.